The monoisotopic (exact) mass is 287 g/mol. The van der Waals surface area contributed by atoms with Crippen molar-refractivity contribution in [3.8, 4) is 0 Å². The summed E-state index contributed by atoms with van der Waals surface area (Å²) in [5.41, 5.74) is 0.987. The maximum absolute atomic E-state index is 13.5. The van der Waals surface area contributed by atoms with Crippen molar-refractivity contribution in [2.45, 2.75) is 33.7 Å². The SMILES string of the molecule is CCC(C)(C)CNCc1ccc(Br)cc1F. The van der Waals surface area contributed by atoms with Crippen LogP contribution in [-0.4, -0.2) is 6.54 Å². The minimum absolute atomic E-state index is 0.156. The molecular formula is C13H19BrFN. The van der Waals surface area contributed by atoms with Crippen molar-refractivity contribution in [3.05, 3.63) is 34.1 Å². The summed E-state index contributed by atoms with van der Waals surface area (Å²) < 4.78 is 14.3. The molecule has 0 aromatic heterocycles. The fourth-order valence-electron chi connectivity index (χ4n) is 1.33. The van der Waals surface area contributed by atoms with Crippen molar-refractivity contribution in [2.75, 3.05) is 6.54 Å². The van der Waals surface area contributed by atoms with Gasteiger partial charge in [0.15, 0.2) is 0 Å². The zero-order chi connectivity index (χ0) is 12.2. The van der Waals surface area contributed by atoms with Crippen LogP contribution in [-0.2, 0) is 6.54 Å². The molecule has 0 heterocycles. The van der Waals surface area contributed by atoms with E-state index in [1.807, 2.05) is 12.1 Å². The van der Waals surface area contributed by atoms with Crippen LogP contribution < -0.4 is 5.32 Å². The molecule has 1 nitrogen and oxygen atoms in total. The zero-order valence-electron chi connectivity index (χ0n) is 10.1. The van der Waals surface area contributed by atoms with Crippen LogP contribution in [0.4, 0.5) is 4.39 Å². The Bertz CT molecular complexity index is 350. The van der Waals surface area contributed by atoms with E-state index in [4.69, 9.17) is 0 Å². The molecule has 1 aromatic carbocycles. The van der Waals surface area contributed by atoms with Crippen LogP contribution in [0.2, 0.25) is 0 Å². The summed E-state index contributed by atoms with van der Waals surface area (Å²) in [4.78, 5) is 0. The van der Waals surface area contributed by atoms with Gasteiger partial charge in [-0.2, -0.15) is 0 Å². The molecule has 90 valence electrons. The van der Waals surface area contributed by atoms with Crippen LogP contribution in [0, 0.1) is 11.2 Å². The van der Waals surface area contributed by atoms with Crippen molar-refractivity contribution in [1.82, 2.24) is 5.32 Å². The quantitative estimate of drug-likeness (QED) is 0.859. The Balaban J connectivity index is 2.49. The Hall–Kier alpha value is -0.410. The molecule has 0 fully saturated rings. The third kappa shape index (κ3) is 4.22. The van der Waals surface area contributed by atoms with Gasteiger partial charge < -0.3 is 5.32 Å². The zero-order valence-corrected chi connectivity index (χ0v) is 11.7. The topological polar surface area (TPSA) is 12.0 Å². The average molecular weight is 288 g/mol. The Morgan fingerprint density at radius 2 is 2.06 bits per heavy atom. The van der Waals surface area contributed by atoms with Gasteiger partial charge in [-0.15, -0.1) is 0 Å². The van der Waals surface area contributed by atoms with Crippen molar-refractivity contribution in [1.29, 1.82) is 0 Å². The minimum Gasteiger partial charge on any atom is -0.312 e. The van der Waals surface area contributed by atoms with Crippen LogP contribution >= 0.6 is 15.9 Å². The third-order valence-electron chi connectivity index (χ3n) is 2.89. The van der Waals surface area contributed by atoms with Gasteiger partial charge >= 0.3 is 0 Å². The van der Waals surface area contributed by atoms with Crippen molar-refractivity contribution in [3.63, 3.8) is 0 Å². The molecule has 0 bridgehead atoms. The summed E-state index contributed by atoms with van der Waals surface area (Å²) in [6.45, 7) is 8.07. The molecule has 0 saturated heterocycles. The first kappa shape index (κ1) is 13.7. The molecule has 0 saturated carbocycles. The Morgan fingerprint density at radius 1 is 1.38 bits per heavy atom. The van der Waals surface area contributed by atoms with Gasteiger partial charge in [0, 0.05) is 23.1 Å². The molecule has 0 spiro atoms. The van der Waals surface area contributed by atoms with E-state index in [1.54, 1.807) is 0 Å². The first-order chi connectivity index (χ1) is 7.44. The second kappa shape index (κ2) is 5.78. The number of benzene rings is 1. The van der Waals surface area contributed by atoms with Gasteiger partial charge in [0.2, 0.25) is 0 Å². The van der Waals surface area contributed by atoms with Crippen molar-refractivity contribution >= 4 is 15.9 Å². The number of nitrogens with one attached hydrogen (secondary N) is 1. The molecule has 1 N–H and O–H groups in total. The molecule has 0 aliphatic rings. The molecule has 16 heavy (non-hydrogen) atoms. The van der Waals surface area contributed by atoms with Crippen LogP contribution in [0.1, 0.15) is 32.8 Å². The van der Waals surface area contributed by atoms with E-state index in [-0.39, 0.29) is 11.2 Å². The predicted octanol–water partition coefficient (Wildman–Crippen LogP) is 4.11. The largest absolute Gasteiger partial charge is 0.312 e. The Kier molecular flexibility index (Phi) is 4.93. The summed E-state index contributed by atoms with van der Waals surface area (Å²) in [6, 6.07) is 5.18. The van der Waals surface area contributed by atoms with Crippen LogP contribution in [0.3, 0.4) is 0 Å². The molecule has 3 heteroatoms. The molecule has 0 aliphatic carbocycles. The highest BCUT2D eigenvalue weighted by atomic mass is 79.9. The van der Waals surface area contributed by atoms with Crippen molar-refractivity contribution < 1.29 is 4.39 Å². The molecule has 0 aliphatic heterocycles. The summed E-state index contributed by atoms with van der Waals surface area (Å²) in [5, 5.41) is 3.30. The van der Waals surface area contributed by atoms with Gasteiger partial charge in [-0.25, -0.2) is 4.39 Å². The van der Waals surface area contributed by atoms with E-state index in [9.17, 15) is 4.39 Å². The van der Waals surface area contributed by atoms with Gasteiger partial charge in [-0.1, -0.05) is 42.8 Å². The van der Waals surface area contributed by atoms with Crippen molar-refractivity contribution in [2.24, 2.45) is 5.41 Å². The second-order valence-electron chi connectivity index (χ2n) is 4.86. The van der Waals surface area contributed by atoms with Crippen LogP contribution in [0.5, 0.6) is 0 Å². The van der Waals surface area contributed by atoms with Gasteiger partial charge in [0.05, 0.1) is 0 Å². The lowest BCUT2D eigenvalue weighted by atomic mass is 9.90. The molecule has 0 unspecified atom stereocenters. The van der Waals surface area contributed by atoms with Crippen LogP contribution in [0.25, 0.3) is 0 Å². The number of halogens is 2. The summed E-state index contributed by atoms with van der Waals surface area (Å²) >= 11 is 3.25. The first-order valence-electron chi connectivity index (χ1n) is 5.59. The van der Waals surface area contributed by atoms with Gasteiger partial charge in [0.25, 0.3) is 0 Å². The molecular weight excluding hydrogens is 269 g/mol. The highest BCUT2D eigenvalue weighted by Crippen LogP contribution is 2.19. The fourth-order valence-corrected chi connectivity index (χ4v) is 1.66. The highest BCUT2D eigenvalue weighted by Gasteiger charge is 2.14. The highest BCUT2D eigenvalue weighted by molar-refractivity contribution is 9.10. The molecule has 1 rings (SSSR count). The maximum Gasteiger partial charge on any atom is 0.128 e. The fraction of sp³-hybridized carbons (Fsp3) is 0.538. The molecule has 1 aromatic rings. The smallest absolute Gasteiger partial charge is 0.128 e. The van der Waals surface area contributed by atoms with Gasteiger partial charge in [0.1, 0.15) is 5.82 Å². The van der Waals surface area contributed by atoms with E-state index in [1.165, 1.54) is 6.07 Å². The third-order valence-corrected chi connectivity index (χ3v) is 3.38. The lowest BCUT2D eigenvalue weighted by Crippen LogP contribution is -2.28. The summed E-state index contributed by atoms with van der Waals surface area (Å²) in [5.74, 6) is -0.156. The standard InChI is InChI=1S/C13H19BrFN/c1-4-13(2,3)9-16-8-10-5-6-11(14)7-12(10)15/h5-7,16H,4,8-9H2,1-3H3. The Morgan fingerprint density at radius 3 is 2.62 bits per heavy atom. The summed E-state index contributed by atoms with van der Waals surface area (Å²) in [7, 11) is 0. The van der Waals surface area contributed by atoms with E-state index < -0.39 is 0 Å². The van der Waals surface area contributed by atoms with E-state index >= 15 is 0 Å². The molecule has 0 radical (unpaired) electrons. The maximum atomic E-state index is 13.5. The summed E-state index contributed by atoms with van der Waals surface area (Å²) in [6.07, 6.45) is 1.11. The van der Waals surface area contributed by atoms with Gasteiger partial charge in [-0.3, -0.25) is 0 Å². The lowest BCUT2D eigenvalue weighted by Gasteiger charge is -2.23. The Labute approximate surface area is 106 Å². The first-order valence-corrected chi connectivity index (χ1v) is 6.38. The van der Waals surface area contributed by atoms with E-state index in [0.717, 1.165) is 23.0 Å². The number of rotatable bonds is 5. The lowest BCUT2D eigenvalue weighted by molar-refractivity contribution is 0.326. The second-order valence-corrected chi connectivity index (χ2v) is 5.77. The average Bonchev–Trinajstić information content (AvgIpc) is 2.21. The van der Waals surface area contributed by atoms with Gasteiger partial charge in [-0.05, 0) is 24.0 Å². The normalized spacial score (nSPS) is 11.8. The molecule has 0 atom stereocenters. The minimum atomic E-state index is -0.156. The predicted molar refractivity (Wildman–Crippen MR) is 69.9 cm³/mol. The van der Waals surface area contributed by atoms with E-state index in [0.29, 0.717) is 6.54 Å². The number of hydrogen-bond donors (Lipinski definition) is 1. The van der Waals surface area contributed by atoms with E-state index in [2.05, 4.69) is 42.0 Å². The molecule has 0 amide bonds. The van der Waals surface area contributed by atoms with Crippen LogP contribution in [0.15, 0.2) is 22.7 Å². The number of hydrogen-bond acceptors (Lipinski definition) is 1.